The molecule has 154 valence electrons. The maximum atomic E-state index is 11.9. The van der Waals surface area contributed by atoms with Crippen molar-refractivity contribution < 1.29 is 9.47 Å². The number of aromatic nitrogens is 1. The number of ether oxygens (including phenoxy) is 2. The molecule has 2 aliphatic carbocycles. The Labute approximate surface area is 175 Å². The molecule has 0 saturated heterocycles. The Balaban J connectivity index is 1.54. The lowest BCUT2D eigenvalue weighted by Crippen LogP contribution is -2.43. The lowest BCUT2D eigenvalue weighted by atomic mass is 9.81. The van der Waals surface area contributed by atoms with Gasteiger partial charge in [0.25, 0.3) is 0 Å². The predicted molar refractivity (Wildman–Crippen MR) is 116 cm³/mol. The minimum Gasteiger partial charge on any atom is -0.459 e. The van der Waals surface area contributed by atoms with Gasteiger partial charge in [0.1, 0.15) is 23.4 Å². The van der Waals surface area contributed by atoms with Gasteiger partial charge < -0.3 is 19.4 Å². The highest BCUT2D eigenvalue weighted by atomic mass is 16.5. The summed E-state index contributed by atoms with van der Waals surface area (Å²) in [4.78, 5) is 16.9. The lowest BCUT2D eigenvalue weighted by Gasteiger charge is -2.34. The number of benzene rings is 1. The fourth-order valence-electron chi connectivity index (χ4n) is 4.26. The average Bonchev–Trinajstić information content (AvgIpc) is 3.15. The van der Waals surface area contributed by atoms with Crippen molar-refractivity contribution in [1.82, 2.24) is 9.88 Å². The summed E-state index contributed by atoms with van der Waals surface area (Å²) in [6.45, 7) is 0. The van der Waals surface area contributed by atoms with Crippen LogP contribution in [0.1, 0.15) is 18.4 Å². The summed E-state index contributed by atoms with van der Waals surface area (Å²) in [6.07, 6.45) is 8.39. The van der Waals surface area contributed by atoms with Crippen molar-refractivity contribution in [1.29, 1.82) is 0 Å². The monoisotopic (exact) mass is 403 g/mol. The van der Waals surface area contributed by atoms with Crippen molar-refractivity contribution in [2.24, 2.45) is 18.0 Å². The smallest absolute Gasteiger partial charge is 0.250 e. The van der Waals surface area contributed by atoms with Crippen LogP contribution in [0.25, 0.3) is 5.57 Å². The largest absolute Gasteiger partial charge is 0.459 e. The number of nitrogens with zero attached hydrogens (tertiary/aromatic N) is 2. The molecule has 2 unspecified atom stereocenters. The highest BCUT2D eigenvalue weighted by Crippen LogP contribution is 2.37. The molecule has 0 bridgehead atoms. The Kier molecular flexibility index (Phi) is 4.79. The van der Waals surface area contributed by atoms with Crippen molar-refractivity contribution in [2.45, 2.75) is 31.0 Å². The number of pyridine rings is 1. The van der Waals surface area contributed by atoms with Gasteiger partial charge in [-0.25, -0.2) is 0 Å². The number of hydrogen-bond donors (Lipinski definition) is 1. The first-order chi connectivity index (χ1) is 14.6. The molecule has 2 heterocycles. The van der Waals surface area contributed by atoms with Crippen LogP contribution in [0.2, 0.25) is 0 Å². The minimum absolute atomic E-state index is 0.0388. The summed E-state index contributed by atoms with van der Waals surface area (Å²) in [5.74, 6) is 3.03. The van der Waals surface area contributed by atoms with Gasteiger partial charge in [-0.3, -0.25) is 9.79 Å². The number of allylic oxidation sites excluding steroid dienone is 2. The van der Waals surface area contributed by atoms with E-state index < -0.39 is 0 Å². The van der Waals surface area contributed by atoms with E-state index in [4.69, 9.17) is 14.5 Å². The number of nitrogens with one attached hydrogen (secondary N) is 1. The molecule has 3 aliphatic rings. The molecule has 1 N–H and O–H groups in total. The highest BCUT2D eigenvalue weighted by Gasteiger charge is 2.41. The summed E-state index contributed by atoms with van der Waals surface area (Å²) in [7, 11) is 3.52. The number of fused-ring (bicyclic) bond motifs is 1. The van der Waals surface area contributed by atoms with Crippen LogP contribution in [0.3, 0.4) is 0 Å². The first kappa shape index (κ1) is 18.9. The average molecular weight is 403 g/mol. The summed E-state index contributed by atoms with van der Waals surface area (Å²) in [5.41, 5.74) is 1.85. The first-order valence-corrected chi connectivity index (χ1v) is 10.3. The number of methoxy groups -OCH3 is 1. The first-order valence-electron chi connectivity index (χ1n) is 10.3. The molecule has 1 aliphatic heterocycles. The van der Waals surface area contributed by atoms with Gasteiger partial charge in [0.05, 0.1) is 12.1 Å². The molecule has 1 aromatic carbocycles. The third-order valence-corrected chi connectivity index (χ3v) is 6.12. The third kappa shape index (κ3) is 3.37. The summed E-state index contributed by atoms with van der Waals surface area (Å²) < 4.78 is 13.4. The van der Waals surface area contributed by atoms with E-state index in [1.807, 2.05) is 42.6 Å². The van der Waals surface area contributed by atoms with Crippen molar-refractivity contribution in [3.05, 3.63) is 82.5 Å². The van der Waals surface area contributed by atoms with Gasteiger partial charge in [-0.2, -0.15) is 0 Å². The van der Waals surface area contributed by atoms with Crippen molar-refractivity contribution in [3.8, 4) is 5.75 Å². The Morgan fingerprint density at radius 2 is 1.93 bits per heavy atom. The Morgan fingerprint density at radius 3 is 2.67 bits per heavy atom. The van der Waals surface area contributed by atoms with E-state index in [0.717, 1.165) is 41.3 Å². The van der Waals surface area contributed by atoms with Crippen molar-refractivity contribution in [3.63, 3.8) is 0 Å². The summed E-state index contributed by atoms with van der Waals surface area (Å²) in [6, 6.07) is 13.1. The van der Waals surface area contributed by atoms with Gasteiger partial charge in [0.2, 0.25) is 5.56 Å². The Hall–Kier alpha value is -3.12. The molecular formula is C24H25N3O3. The SMILES string of the molecule is COC1CC(C2=NC3C(Oc4ccccc4)=C(c4ccc(=O)n(C)c4)C=CC3N2)C1. The van der Waals surface area contributed by atoms with E-state index in [9.17, 15) is 4.79 Å². The van der Waals surface area contributed by atoms with Crippen molar-refractivity contribution >= 4 is 11.4 Å². The molecule has 30 heavy (non-hydrogen) atoms. The lowest BCUT2D eigenvalue weighted by molar-refractivity contribution is 0.0213. The van der Waals surface area contributed by atoms with Gasteiger partial charge in [-0.05, 0) is 31.0 Å². The number of rotatable bonds is 5. The van der Waals surface area contributed by atoms with E-state index in [1.54, 1.807) is 24.8 Å². The molecule has 2 aromatic rings. The second-order valence-corrected chi connectivity index (χ2v) is 8.07. The molecule has 1 fully saturated rings. The van der Waals surface area contributed by atoms with Crippen LogP contribution in [0.5, 0.6) is 5.75 Å². The van der Waals surface area contributed by atoms with E-state index in [-0.39, 0.29) is 17.6 Å². The minimum atomic E-state index is -0.140. The van der Waals surface area contributed by atoms with E-state index in [2.05, 4.69) is 17.5 Å². The van der Waals surface area contributed by atoms with Crippen LogP contribution in [-0.4, -0.2) is 35.7 Å². The molecular weight excluding hydrogens is 378 g/mol. The molecule has 0 radical (unpaired) electrons. The molecule has 5 rings (SSSR count). The van der Waals surface area contributed by atoms with Crippen LogP contribution in [0.15, 0.2) is 76.4 Å². The molecule has 6 nitrogen and oxygen atoms in total. The zero-order chi connectivity index (χ0) is 20.7. The van der Waals surface area contributed by atoms with E-state index in [1.165, 1.54) is 0 Å². The highest BCUT2D eigenvalue weighted by molar-refractivity contribution is 5.90. The van der Waals surface area contributed by atoms with Gasteiger partial charge in [0.15, 0.2) is 0 Å². The molecule has 0 spiro atoms. The maximum absolute atomic E-state index is 11.9. The van der Waals surface area contributed by atoms with Crippen LogP contribution >= 0.6 is 0 Å². The van der Waals surface area contributed by atoms with E-state index >= 15 is 0 Å². The third-order valence-electron chi connectivity index (χ3n) is 6.12. The Morgan fingerprint density at radius 1 is 1.13 bits per heavy atom. The quantitative estimate of drug-likeness (QED) is 0.834. The molecule has 6 heteroatoms. The van der Waals surface area contributed by atoms with Crippen LogP contribution in [-0.2, 0) is 11.8 Å². The van der Waals surface area contributed by atoms with Crippen LogP contribution in [0.4, 0.5) is 0 Å². The topological polar surface area (TPSA) is 64.8 Å². The zero-order valence-electron chi connectivity index (χ0n) is 17.1. The van der Waals surface area contributed by atoms with Crippen LogP contribution in [0, 0.1) is 5.92 Å². The van der Waals surface area contributed by atoms with Gasteiger partial charge >= 0.3 is 0 Å². The van der Waals surface area contributed by atoms with Crippen molar-refractivity contribution in [2.75, 3.05) is 7.11 Å². The fraction of sp³-hybridized carbons (Fsp3) is 0.333. The van der Waals surface area contributed by atoms with Gasteiger partial charge in [-0.1, -0.05) is 30.4 Å². The normalized spacial score (nSPS) is 27.2. The Bertz CT molecular complexity index is 1090. The summed E-state index contributed by atoms with van der Waals surface area (Å²) in [5, 5.41) is 3.59. The van der Waals surface area contributed by atoms with Gasteiger partial charge in [0, 0.05) is 43.5 Å². The molecule has 2 atom stereocenters. The van der Waals surface area contributed by atoms with Gasteiger partial charge in [-0.15, -0.1) is 0 Å². The molecule has 1 saturated carbocycles. The number of aryl methyl sites for hydroxylation is 1. The molecule has 0 amide bonds. The molecule has 1 aromatic heterocycles. The number of para-hydroxylation sites is 1. The second-order valence-electron chi connectivity index (χ2n) is 8.07. The number of hydrogen-bond acceptors (Lipinski definition) is 5. The predicted octanol–water partition coefficient (Wildman–Crippen LogP) is 2.91. The maximum Gasteiger partial charge on any atom is 0.250 e. The zero-order valence-corrected chi connectivity index (χ0v) is 17.1. The number of aliphatic imine (C=N–C) groups is 1. The standard InChI is InChI=1S/C24H25N3O3/c1-27-14-15(8-11-21(27)28)19-9-10-20-22(23(19)30-17-6-4-3-5-7-17)26-24(25-20)16-12-18(13-16)29-2/h3-11,14,16,18,20,22H,12-13H2,1-2H3,(H,25,26). The van der Waals surface area contributed by atoms with E-state index in [0.29, 0.717) is 12.0 Å². The van der Waals surface area contributed by atoms with Crippen LogP contribution < -0.4 is 15.6 Å². The summed E-state index contributed by atoms with van der Waals surface area (Å²) >= 11 is 0. The number of amidine groups is 1. The fourth-order valence-corrected chi connectivity index (χ4v) is 4.26. The second kappa shape index (κ2) is 7.61.